The van der Waals surface area contributed by atoms with Crippen molar-refractivity contribution in [1.82, 2.24) is 0 Å². The highest BCUT2D eigenvalue weighted by molar-refractivity contribution is 5.76. The Balaban J connectivity index is 4.34. The molecule has 0 aromatic rings. The number of hydrogen-bond acceptors (Lipinski definition) is 1. The number of carbonyl (C=O) groups excluding carboxylic acids is 1. The van der Waals surface area contributed by atoms with Crippen LogP contribution in [0.3, 0.4) is 0 Å². The summed E-state index contributed by atoms with van der Waals surface area (Å²) in [5.41, 5.74) is 2.79. The average Bonchev–Trinajstić information content (AvgIpc) is 1.85. The standard InChI is InChI=1S/C10H14O/c1-8(2)5-9(3)6-10(4)7-11/h5-7H,4H2,1-3H3/b9-6-. The first kappa shape index (κ1) is 9.89. The molecule has 0 aliphatic rings. The minimum Gasteiger partial charge on any atom is -0.298 e. The Bertz CT molecular complexity index is 215. The number of hydrogen-bond donors (Lipinski definition) is 0. The van der Waals surface area contributed by atoms with Crippen molar-refractivity contribution in [3.05, 3.63) is 35.5 Å². The minimum absolute atomic E-state index is 0.514. The number of carbonyl (C=O) groups is 1. The largest absolute Gasteiger partial charge is 0.298 e. The number of rotatable bonds is 3. The molecule has 11 heavy (non-hydrogen) atoms. The van der Waals surface area contributed by atoms with Gasteiger partial charge in [0, 0.05) is 5.57 Å². The summed E-state index contributed by atoms with van der Waals surface area (Å²) in [4.78, 5) is 10.2. The molecule has 0 radical (unpaired) electrons. The van der Waals surface area contributed by atoms with E-state index >= 15 is 0 Å². The third-order valence-electron chi connectivity index (χ3n) is 1.08. The molecule has 0 aliphatic carbocycles. The van der Waals surface area contributed by atoms with Crippen molar-refractivity contribution < 1.29 is 4.79 Å². The lowest BCUT2D eigenvalue weighted by atomic mass is 10.1. The predicted molar refractivity (Wildman–Crippen MR) is 48.4 cm³/mol. The van der Waals surface area contributed by atoms with Gasteiger partial charge in [0.1, 0.15) is 6.29 Å². The van der Waals surface area contributed by atoms with Crippen LogP contribution >= 0.6 is 0 Å². The van der Waals surface area contributed by atoms with Crippen molar-refractivity contribution in [2.24, 2.45) is 0 Å². The molecule has 0 aromatic heterocycles. The van der Waals surface area contributed by atoms with Gasteiger partial charge in [0.25, 0.3) is 0 Å². The summed E-state index contributed by atoms with van der Waals surface area (Å²) in [7, 11) is 0. The third-order valence-corrected chi connectivity index (χ3v) is 1.08. The van der Waals surface area contributed by atoms with E-state index in [-0.39, 0.29) is 0 Å². The molecule has 60 valence electrons. The highest BCUT2D eigenvalue weighted by atomic mass is 16.1. The lowest BCUT2D eigenvalue weighted by molar-refractivity contribution is -0.104. The van der Waals surface area contributed by atoms with Crippen LogP contribution < -0.4 is 0 Å². The second-order valence-electron chi connectivity index (χ2n) is 2.80. The SMILES string of the molecule is C=C(C=O)/C=C(/C)C=C(C)C. The van der Waals surface area contributed by atoms with Crippen molar-refractivity contribution in [3.63, 3.8) is 0 Å². The smallest absolute Gasteiger partial charge is 0.149 e. The average molecular weight is 150 g/mol. The van der Waals surface area contributed by atoms with Crippen molar-refractivity contribution in [2.75, 3.05) is 0 Å². The van der Waals surface area contributed by atoms with E-state index < -0.39 is 0 Å². The third kappa shape index (κ3) is 5.34. The van der Waals surface area contributed by atoms with Crippen LogP contribution in [0.4, 0.5) is 0 Å². The Kier molecular flexibility index (Phi) is 4.20. The molecule has 0 rings (SSSR count). The summed E-state index contributed by atoms with van der Waals surface area (Å²) in [6, 6.07) is 0. The molecular formula is C10H14O. The Hall–Kier alpha value is -1.11. The Morgan fingerprint density at radius 3 is 2.09 bits per heavy atom. The molecule has 0 heterocycles. The van der Waals surface area contributed by atoms with E-state index in [1.165, 1.54) is 5.57 Å². The summed E-state index contributed by atoms with van der Waals surface area (Å²) >= 11 is 0. The molecule has 0 unspecified atom stereocenters. The van der Waals surface area contributed by atoms with Crippen molar-refractivity contribution in [2.45, 2.75) is 20.8 Å². The Labute approximate surface area is 68.1 Å². The summed E-state index contributed by atoms with van der Waals surface area (Å²) in [6.45, 7) is 9.52. The van der Waals surface area contributed by atoms with Crippen LogP contribution in [0.15, 0.2) is 35.5 Å². The van der Waals surface area contributed by atoms with Gasteiger partial charge in [-0.05, 0) is 26.8 Å². The van der Waals surface area contributed by atoms with E-state index in [2.05, 4.69) is 6.58 Å². The van der Waals surface area contributed by atoms with Crippen LogP contribution in [0.2, 0.25) is 0 Å². The molecule has 0 amide bonds. The molecule has 0 spiro atoms. The van der Waals surface area contributed by atoms with E-state index in [0.717, 1.165) is 11.9 Å². The maximum Gasteiger partial charge on any atom is 0.149 e. The van der Waals surface area contributed by atoms with E-state index in [4.69, 9.17) is 0 Å². The molecule has 1 nitrogen and oxygen atoms in total. The van der Waals surface area contributed by atoms with Crippen LogP contribution in [0.1, 0.15) is 20.8 Å². The molecule has 0 saturated heterocycles. The zero-order valence-corrected chi connectivity index (χ0v) is 7.35. The Morgan fingerprint density at radius 1 is 1.18 bits per heavy atom. The van der Waals surface area contributed by atoms with Gasteiger partial charge in [-0.25, -0.2) is 0 Å². The second kappa shape index (κ2) is 4.67. The lowest BCUT2D eigenvalue weighted by Gasteiger charge is -1.92. The lowest BCUT2D eigenvalue weighted by Crippen LogP contribution is -1.78. The number of aldehydes is 1. The van der Waals surface area contributed by atoms with Gasteiger partial charge in [0.15, 0.2) is 0 Å². The first-order chi connectivity index (χ1) is 5.06. The van der Waals surface area contributed by atoms with Crippen molar-refractivity contribution >= 4 is 6.29 Å². The quantitative estimate of drug-likeness (QED) is 0.343. The molecule has 0 fully saturated rings. The van der Waals surface area contributed by atoms with Crippen molar-refractivity contribution in [1.29, 1.82) is 0 Å². The molecule has 0 aliphatic heterocycles. The topological polar surface area (TPSA) is 17.1 Å². The molecular weight excluding hydrogens is 136 g/mol. The maximum atomic E-state index is 10.2. The highest BCUT2D eigenvalue weighted by Gasteiger charge is 1.86. The first-order valence-electron chi connectivity index (χ1n) is 3.53. The Morgan fingerprint density at radius 2 is 1.73 bits per heavy atom. The van der Waals surface area contributed by atoms with Crippen LogP contribution in [-0.2, 0) is 4.79 Å². The minimum atomic E-state index is 0.514. The van der Waals surface area contributed by atoms with E-state index in [9.17, 15) is 4.79 Å². The zero-order valence-electron chi connectivity index (χ0n) is 7.35. The normalized spacial score (nSPS) is 10.6. The molecule has 0 aromatic carbocycles. The fourth-order valence-electron chi connectivity index (χ4n) is 0.823. The van der Waals surface area contributed by atoms with Gasteiger partial charge in [0.2, 0.25) is 0 Å². The van der Waals surface area contributed by atoms with Gasteiger partial charge >= 0.3 is 0 Å². The highest BCUT2D eigenvalue weighted by Crippen LogP contribution is 2.02. The van der Waals surface area contributed by atoms with Gasteiger partial charge in [-0.2, -0.15) is 0 Å². The summed E-state index contributed by atoms with van der Waals surface area (Å²) in [5, 5.41) is 0. The van der Waals surface area contributed by atoms with Gasteiger partial charge in [-0.1, -0.05) is 23.8 Å². The fourth-order valence-corrected chi connectivity index (χ4v) is 0.823. The van der Waals surface area contributed by atoms with Crippen LogP contribution in [0.25, 0.3) is 0 Å². The van der Waals surface area contributed by atoms with Crippen molar-refractivity contribution in [3.8, 4) is 0 Å². The molecule has 1 heteroatoms. The van der Waals surface area contributed by atoms with Gasteiger partial charge in [-0.3, -0.25) is 4.79 Å². The van der Waals surface area contributed by atoms with Gasteiger partial charge in [0.05, 0.1) is 0 Å². The maximum absolute atomic E-state index is 10.2. The predicted octanol–water partition coefficient (Wildman–Crippen LogP) is 2.65. The zero-order chi connectivity index (χ0) is 8.85. The van der Waals surface area contributed by atoms with Crippen LogP contribution in [0.5, 0.6) is 0 Å². The van der Waals surface area contributed by atoms with Crippen LogP contribution in [0, 0.1) is 0 Å². The molecule has 0 atom stereocenters. The fraction of sp³-hybridized carbons (Fsp3) is 0.300. The molecule has 0 saturated carbocycles. The van der Waals surface area contributed by atoms with E-state index in [1.807, 2.05) is 26.8 Å². The van der Waals surface area contributed by atoms with E-state index in [1.54, 1.807) is 6.08 Å². The van der Waals surface area contributed by atoms with Gasteiger partial charge in [-0.15, -0.1) is 0 Å². The molecule has 0 bridgehead atoms. The van der Waals surface area contributed by atoms with E-state index in [0.29, 0.717) is 5.57 Å². The number of allylic oxidation sites excluding steroid dienone is 5. The second-order valence-corrected chi connectivity index (χ2v) is 2.80. The van der Waals surface area contributed by atoms with Gasteiger partial charge < -0.3 is 0 Å². The summed E-state index contributed by atoms with van der Waals surface area (Å²) in [6.07, 6.45) is 4.52. The first-order valence-corrected chi connectivity index (χ1v) is 3.53. The summed E-state index contributed by atoms with van der Waals surface area (Å²) in [5.74, 6) is 0. The van der Waals surface area contributed by atoms with Crippen LogP contribution in [-0.4, -0.2) is 6.29 Å². The molecule has 0 N–H and O–H groups in total. The monoisotopic (exact) mass is 150 g/mol. The summed E-state index contributed by atoms with van der Waals surface area (Å²) < 4.78 is 0.